The minimum Gasteiger partial charge on any atom is -0.338 e. The van der Waals surface area contributed by atoms with Gasteiger partial charge in [-0.2, -0.15) is 0 Å². The van der Waals surface area contributed by atoms with Crippen molar-refractivity contribution in [1.29, 1.82) is 0 Å². The summed E-state index contributed by atoms with van der Waals surface area (Å²) >= 11 is 0. The maximum Gasteiger partial charge on any atom is 0.316 e. The van der Waals surface area contributed by atoms with Gasteiger partial charge in [0.05, 0.1) is 0 Å². The summed E-state index contributed by atoms with van der Waals surface area (Å²) < 4.78 is 0. The lowest BCUT2D eigenvalue weighted by Gasteiger charge is -2.21. The molecule has 2 amide bonds. The largest absolute Gasteiger partial charge is 0.338 e. The lowest BCUT2D eigenvalue weighted by Crippen LogP contribution is -2.41. The number of nitrogens with one attached hydrogen (secondary N) is 2. The van der Waals surface area contributed by atoms with Crippen molar-refractivity contribution in [2.75, 3.05) is 27.2 Å². The molecule has 4 heteroatoms. The van der Waals surface area contributed by atoms with Crippen molar-refractivity contribution < 1.29 is 4.79 Å². The summed E-state index contributed by atoms with van der Waals surface area (Å²) in [5.74, 6) is 0.515. The van der Waals surface area contributed by atoms with Crippen LogP contribution in [0, 0.1) is 5.92 Å². The number of urea groups is 1. The minimum absolute atomic E-state index is 0.00477. The third-order valence-corrected chi connectivity index (χ3v) is 2.77. The fourth-order valence-corrected chi connectivity index (χ4v) is 1.75. The Morgan fingerprint density at radius 2 is 2.36 bits per heavy atom. The zero-order valence-electron chi connectivity index (χ0n) is 9.34. The highest BCUT2D eigenvalue weighted by atomic mass is 16.2. The molecule has 0 radical (unpaired) electrons. The van der Waals surface area contributed by atoms with E-state index >= 15 is 0 Å². The molecule has 0 aliphatic carbocycles. The van der Waals surface area contributed by atoms with Crippen LogP contribution in [-0.4, -0.2) is 44.2 Å². The van der Waals surface area contributed by atoms with Gasteiger partial charge in [0, 0.05) is 26.7 Å². The van der Waals surface area contributed by atoms with Gasteiger partial charge in [0.2, 0.25) is 0 Å². The molecule has 82 valence electrons. The second-order valence-corrected chi connectivity index (χ2v) is 4.26. The average Bonchev–Trinajstić information content (AvgIpc) is 2.66. The maximum atomic E-state index is 11.3. The summed E-state index contributed by atoms with van der Waals surface area (Å²) in [4.78, 5) is 12.8. The molecule has 2 atom stereocenters. The Morgan fingerprint density at radius 3 is 2.86 bits per heavy atom. The fourth-order valence-electron chi connectivity index (χ4n) is 1.75. The first-order chi connectivity index (χ1) is 6.61. The van der Waals surface area contributed by atoms with Gasteiger partial charge >= 0.3 is 6.03 Å². The summed E-state index contributed by atoms with van der Waals surface area (Å²) in [5.41, 5.74) is 0. The number of amides is 2. The van der Waals surface area contributed by atoms with Gasteiger partial charge < -0.3 is 15.5 Å². The highest BCUT2D eigenvalue weighted by molar-refractivity contribution is 5.73. The summed E-state index contributed by atoms with van der Waals surface area (Å²) in [5, 5.41) is 6.35. The molecule has 1 aliphatic rings. The number of hydrogen-bond acceptors (Lipinski definition) is 2. The van der Waals surface area contributed by atoms with E-state index < -0.39 is 0 Å². The van der Waals surface area contributed by atoms with Crippen LogP contribution >= 0.6 is 0 Å². The van der Waals surface area contributed by atoms with Gasteiger partial charge in [-0.05, 0) is 25.3 Å². The molecular formula is C10H21N3O. The SMILES string of the molecule is CC(CNC(=O)N(C)C)C1CCCN1. The Balaban J connectivity index is 2.20. The normalized spacial score (nSPS) is 23.2. The van der Waals surface area contributed by atoms with Crippen LogP contribution in [0.3, 0.4) is 0 Å². The molecule has 1 rings (SSSR count). The molecule has 1 saturated heterocycles. The predicted molar refractivity (Wildman–Crippen MR) is 57.3 cm³/mol. The van der Waals surface area contributed by atoms with Crippen molar-refractivity contribution in [1.82, 2.24) is 15.5 Å². The van der Waals surface area contributed by atoms with Gasteiger partial charge in [-0.3, -0.25) is 0 Å². The predicted octanol–water partition coefficient (Wildman–Crippen LogP) is 0.646. The number of carbonyl (C=O) groups excluding carboxylic acids is 1. The summed E-state index contributed by atoms with van der Waals surface area (Å²) in [6.07, 6.45) is 2.50. The van der Waals surface area contributed by atoms with E-state index in [2.05, 4.69) is 17.6 Å². The third-order valence-electron chi connectivity index (χ3n) is 2.77. The van der Waals surface area contributed by atoms with Gasteiger partial charge in [0.1, 0.15) is 0 Å². The molecule has 1 aliphatic heterocycles. The van der Waals surface area contributed by atoms with Crippen molar-refractivity contribution >= 4 is 6.03 Å². The van der Waals surface area contributed by atoms with Crippen LogP contribution in [0.5, 0.6) is 0 Å². The van der Waals surface area contributed by atoms with Gasteiger partial charge in [-0.15, -0.1) is 0 Å². The molecule has 0 aromatic carbocycles. The van der Waals surface area contributed by atoms with E-state index in [0.29, 0.717) is 12.0 Å². The van der Waals surface area contributed by atoms with Gasteiger partial charge in [-0.1, -0.05) is 6.92 Å². The Morgan fingerprint density at radius 1 is 1.64 bits per heavy atom. The van der Waals surface area contributed by atoms with Crippen LogP contribution in [0.2, 0.25) is 0 Å². The Labute approximate surface area is 86.0 Å². The van der Waals surface area contributed by atoms with Crippen LogP contribution in [0.4, 0.5) is 4.79 Å². The van der Waals surface area contributed by atoms with Crippen LogP contribution in [0.15, 0.2) is 0 Å². The monoisotopic (exact) mass is 199 g/mol. The molecule has 1 fully saturated rings. The lowest BCUT2D eigenvalue weighted by atomic mass is 10.0. The van der Waals surface area contributed by atoms with Gasteiger partial charge in [0.25, 0.3) is 0 Å². The van der Waals surface area contributed by atoms with E-state index in [0.717, 1.165) is 13.1 Å². The topological polar surface area (TPSA) is 44.4 Å². The molecule has 2 unspecified atom stereocenters. The molecule has 0 bridgehead atoms. The molecule has 0 saturated carbocycles. The van der Waals surface area contributed by atoms with Gasteiger partial charge in [0.15, 0.2) is 0 Å². The zero-order valence-corrected chi connectivity index (χ0v) is 9.34. The molecule has 2 N–H and O–H groups in total. The van der Waals surface area contributed by atoms with Crippen molar-refractivity contribution in [3.8, 4) is 0 Å². The van der Waals surface area contributed by atoms with E-state index in [4.69, 9.17) is 0 Å². The minimum atomic E-state index is -0.00477. The molecule has 0 aromatic heterocycles. The molecule has 14 heavy (non-hydrogen) atoms. The molecular weight excluding hydrogens is 178 g/mol. The average molecular weight is 199 g/mol. The number of carbonyl (C=O) groups is 1. The van der Waals surface area contributed by atoms with Crippen LogP contribution < -0.4 is 10.6 Å². The molecule has 4 nitrogen and oxygen atoms in total. The third kappa shape index (κ3) is 3.18. The van der Waals surface area contributed by atoms with Crippen LogP contribution in [0.25, 0.3) is 0 Å². The molecule has 1 heterocycles. The van der Waals surface area contributed by atoms with Crippen LogP contribution in [0.1, 0.15) is 19.8 Å². The Hall–Kier alpha value is -0.770. The van der Waals surface area contributed by atoms with Crippen LogP contribution in [-0.2, 0) is 0 Å². The second kappa shape index (κ2) is 5.20. The van der Waals surface area contributed by atoms with E-state index in [1.165, 1.54) is 12.8 Å². The van der Waals surface area contributed by atoms with E-state index in [1.54, 1.807) is 19.0 Å². The Kier molecular flexibility index (Phi) is 4.20. The summed E-state index contributed by atoms with van der Waals surface area (Å²) in [7, 11) is 3.52. The summed E-state index contributed by atoms with van der Waals surface area (Å²) in [6.45, 7) is 4.06. The maximum absolute atomic E-state index is 11.3. The highest BCUT2D eigenvalue weighted by Crippen LogP contribution is 2.13. The first-order valence-electron chi connectivity index (χ1n) is 5.30. The lowest BCUT2D eigenvalue weighted by molar-refractivity contribution is 0.214. The standard InChI is InChI=1S/C10H21N3O/c1-8(9-5-4-6-11-9)7-12-10(14)13(2)3/h8-9,11H,4-7H2,1-3H3,(H,12,14). The smallest absolute Gasteiger partial charge is 0.316 e. The van der Waals surface area contributed by atoms with Crippen molar-refractivity contribution in [2.45, 2.75) is 25.8 Å². The number of rotatable bonds is 3. The van der Waals surface area contributed by atoms with Crippen molar-refractivity contribution in [3.05, 3.63) is 0 Å². The number of hydrogen-bond donors (Lipinski definition) is 2. The fraction of sp³-hybridized carbons (Fsp3) is 0.900. The van der Waals surface area contributed by atoms with E-state index in [1.807, 2.05) is 0 Å². The quantitative estimate of drug-likeness (QED) is 0.701. The van der Waals surface area contributed by atoms with Crippen molar-refractivity contribution in [2.24, 2.45) is 5.92 Å². The second-order valence-electron chi connectivity index (χ2n) is 4.26. The van der Waals surface area contributed by atoms with E-state index in [9.17, 15) is 4.79 Å². The number of nitrogens with zero attached hydrogens (tertiary/aromatic N) is 1. The summed E-state index contributed by atoms with van der Waals surface area (Å²) in [6, 6.07) is 0.576. The first-order valence-corrected chi connectivity index (χ1v) is 5.30. The first kappa shape index (κ1) is 11.3. The zero-order chi connectivity index (χ0) is 10.6. The Bertz CT molecular complexity index is 188. The molecule has 0 spiro atoms. The van der Waals surface area contributed by atoms with Crippen molar-refractivity contribution in [3.63, 3.8) is 0 Å². The van der Waals surface area contributed by atoms with E-state index in [-0.39, 0.29) is 6.03 Å². The molecule has 0 aromatic rings. The van der Waals surface area contributed by atoms with Gasteiger partial charge in [-0.25, -0.2) is 4.79 Å². The highest BCUT2D eigenvalue weighted by Gasteiger charge is 2.21.